The van der Waals surface area contributed by atoms with Gasteiger partial charge in [0.1, 0.15) is 6.04 Å². The van der Waals surface area contributed by atoms with Crippen molar-refractivity contribution in [2.75, 3.05) is 0 Å². The lowest BCUT2D eigenvalue weighted by molar-refractivity contribution is -0.129. The highest BCUT2D eigenvalue weighted by molar-refractivity contribution is 5.87. The molecule has 2 rings (SSSR count). The van der Waals surface area contributed by atoms with E-state index < -0.39 is 6.04 Å². The fraction of sp³-hybridized carbons (Fsp3) is 0.579. The van der Waals surface area contributed by atoms with Gasteiger partial charge in [-0.3, -0.25) is 9.59 Å². The number of nitrogens with one attached hydrogen (secondary N) is 2. The van der Waals surface area contributed by atoms with Crippen LogP contribution in [0.3, 0.4) is 0 Å². The minimum Gasteiger partial charge on any atom is -0.392 e. The molecule has 1 unspecified atom stereocenters. The molecule has 1 saturated carbocycles. The van der Waals surface area contributed by atoms with E-state index >= 15 is 0 Å². The summed E-state index contributed by atoms with van der Waals surface area (Å²) in [5.74, 6) is 0.213. The summed E-state index contributed by atoms with van der Waals surface area (Å²) in [5.41, 5.74) is 1.68. The van der Waals surface area contributed by atoms with E-state index in [2.05, 4.69) is 10.6 Å². The van der Waals surface area contributed by atoms with Gasteiger partial charge in [0.2, 0.25) is 11.8 Å². The highest BCUT2D eigenvalue weighted by Crippen LogP contribution is 2.26. The lowest BCUT2D eigenvalue weighted by atomic mass is 9.87. The molecule has 24 heavy (non-hydrogen) atoms. The van der Waals surface area contributed by atoms with Crippen LogP contribution < -0.4 is 10.6 Å². The normalized spacial score (nSPS) is 16.4. The third-order valence-electron chi connectivity index (χ3n) is 4.71. The molecule has 2 amide bonds. The summed E-state index contributed by atoms with van der Waals surface area (Å²) in [6, 6.07) is 6.87. The summed E-state index contributed by atoms with van der Waals surface area (Å²) in [7, 11) is 0. The minimum atomic E-state index is -0.553. The van der Waals surface area contributed by atoms with E-state index in [1.165, 1.54) is 19.3 Å². The van der Waals surface area contributed by atoms with Gasteiger partial charge in [-0.25, -0.2) is 0 Å². The zero-order chi connectivity index (χ0) is 17.4. The van der Waals surface area contributed by atoms with Gasteiger partial charge in [-0.2, -0.15) is 0 Å². The summed E-state index contributed by atoms with van der Waals surface area (Å²) in [5, 5.41) is 14.9. The number of rotatable bonds is 7. The van der Waals surface area contributed by atoms with Crippen molar-refractivity contribution in [3.05, 3.63) is 35.4 Å². The number of hydrogen-bond acceptors (Lipinski definition) is 3. The largest absolute Gasteiger partial charge is 0.392 e. The van der Waals surface area contributed by atoms with Gasteiger partial charge in [-0.1, -0.05) is 43.5 Å². The molecule has 0 bridgehead atoms. The third-order valence-corrected chi connectivity index (χ3v) is 4.71. The molecule has 1 atom stereocenters. The number of carbonyl (C=O) groups is 2. The van der Waals surface area contributed by atoms with Gasteiger partial charge in [-0.05, 0) is 36.8 Å². The second kappa shape index (κ2) is 9.42. The molecule has 1 aliphatic carbocycles. The number of aliphatic hydroxyl groups excluding tert-OH is 1. The van der Waals surface area contributed by atoms with Crippen molar-refractivity contribution in [3.8, 4) is 0 Å². The smallest absolute Gasteiger partial charge is 0.242 e. The maximum absolute atomic E-state index is 12.2. The Morgan fingerprint density at radius 3 is 2.50 bits per heavy atom. The number of hydrogen-bond donors (Lipinski definition) is 3. The fourth-order valence-corrected chi connectivity index (χ4v) is 3.24. The molecule has 5 nitrogen and oxygen atoms in total. The molecular weight excluding hydrogens is 304 g/mol. The summed E-state index contributed by atoms with van der Waals surface area (Å²) in [4.78, 5) is 24.2. The quantitative estimate of drug-likeness (QED) is 0.717. The molecule has 0 heterocycles. The third kappa shape index (κ3) is 5.64. The van der Waals surface area contributed by atoms with Gasteiger partial charge in [0, 0.05) is 13.0 Å². The molecule has 5 heteroatoms. The van der Waals surface area contributed by atoms with E-state index in [-0.39, 0.29) is 18.4 Å². The van der Waals surface area contributed by atoms with Crippen LogP contribution in [0.25, 0.3) is 0 Å². The number of carbonyl (C=O) groups excluding carboxylic acids is 2. The Kier molecular flexibility index (Phi) is 7.25. The van der Waals surface area contributed by atoms with E-state index in [0.717, 1.165) is 24.0 Å². The fourth-order valence-electron chi connectivity index (χ4n) is 3.24. The summed E-state index contributed by atoms with van der Waals surface area (Å²) in [6.07, 6.45) is 6.44. The van der Waals surface area contributed by atoms with Crippen molar-refractivity contribution in [3.63, 3.8) is 0 Å². The number of amides is 2. The maximum atomic E-state index is 12.2. The summed E-state index contributed by atoms with van der Waals surface area (Å²) >= 11 is 0. The van der Waals surface area contributed by atoms with Gasteiger partial charge >= 0.3 is 0 Å². The molecule has 0 radical (unpaired) electrons. The molecule has 1 aliphatic rings. The molecule has 1 aromatic carbocycles. The van der Waals surface area contributed by atoms with Crippen LogP contribution in [0.2, 0.25) is 0 Å². The van der Waals surface area contributed by atoms with Crippen LogP contribution in [0.1, 0.15) is 56.6 Å². The molecule has 1 aromatic rings. The SMILES string of the molecule is CC(NC(=O)CC1CCCCC1)C(=O)NCc1ccccc1CO. The Morgan fingerprint density at radius 1 is 1.17 bits per heavy atom. The van der Waals surface area contributed by atoms with Gasteiger partial charge in [0.15, 0.2) is 0 Å². The first kappa shape index (κ1) is 18.5. The molecule has 132 valence electrons. The Labute approximate surface area is 143 Å². The zero-order valence-electron chi connectivity index (χ0n) is 14.4. The van der Waals surface area contributed by atoms with Crippen LogP contribution in [-0.4, -0.2) is 23.0 Å². The van der Waals surface area contributed by atoms with Gasteiger partial charge in [-0.15, -0.1) is 0 Å². The van der Waals surface area contributed by atoms with E-state index in [4.69, 9.17) is 0 Å². The van der Waals surface area contributed by atoms with Crippen molar-refractivity contribution in [1.82, 2.24) is 10.6 Å². The highest BCUT2D eigenvalue weighted by atomic mass is 16.3. The summed E-state index contributed by atoms with van der Waals surface area (Å²) in [6.45, 7) is 1.99. The van der Waals surface area contributed by atoms with Crippen LogP contribution in [-0.2, 0) is 22.7 Å². The van der Waals surface area contributed by atoms with Crippen LogP contribution in [0.4, 0.5) is 0 Å². The second-order valence-corrected chi connectivity index (χ2v) is 6.64. The van der Waals surface area contributed by atoms with Crippen LogP contribution in [0.15, 0.2) is 24.3 Å². The van der Waals surface area contributed by atoms with E-state index in [0.29, 0.717) is 18.9 Å². The minimum absolute atomic E-state index is 0.0414. The van der Waals surface area contributed by atoms with Crippen LogP contribution in [0.5, 0.6) is 0 Å². The zero-order valence-corrected chi connectivity index (χ0v) is 14.4. The van der Waals surface area contributed by atoms with Crippen molar-refractivity contribution >= 4 is 11.8 Å². The van der Waals surface area contributed by atoms with Crippen molar-refractivity contribution in [2.45, 2.75) is 64.6 Å². The molecule has 0 spiro atoms. The van der Waals surface area contributed by atoms with Gasteiger partial charge < -0.3 is 15.7 Å². The molecule has 0 aliphatic heterocycles. The Hall–Kier alpha value is -1.88. The van der Waals surface area contributed by atoms with E-state index in [1.807, 2.05) is 24.3 Å². The van der Waals surface area contributed by atoms with Crippen molar-refractivity contribution in [2.24, 2.45) is 5.92 Å². The van der Waals surface area contributed by atoms with E-state index in [9.17, 15) is 14.7 Å². The molecule has 0 aromatic heterocycles. The molecule has 0 saturated heterocycles. The second-order valence-electron chi connectivity index (χ2n) is 6.64. The topological polar surface area (TPSA) is 78.4 Å². The average molecular weight is 332 g/mol. The van der Waals surface area contributed by atoms with Gasteiger partial charge in [0.25, 0.3) is 0 Å². The first-order valence-electron chi connectivity index (χ1n) is 8.85. The number of benzene rings is 1. The van der Waals surface area contributed by atoms with Crippen LogP contribution >= 0.6 is 0 Å². The molecular formula is C19H28N2O3. The Morgan fingerprint density at radius 2 is 1.83 bits per heavy atom. The standard InChI is InChI=1S/C19H28N2O3/c1-14(21-18(23)11-15-7-3-2-4-8-15)19(24)20-12-16-9-5-6-10-17(16)13-22/h5-6,9-10,14-15,22H,2-4,7-8,11-13H2,1H3,(H,20,24)(H,21,23). The lowest BCUT2D eigenvalue weighted by Crippen LogP contribution is -2.45. The lowest BCUT2D eigenvalue weighted by Gasteiger charge is -2.22. The highest BCUT2D eigenvalue weighted by Gasteiger charge is 2.20. The number of aliphatic hydroxyl groups is 1. The van der Waals surface area contributed by atoms with Crippen LogP contribution in [0, 0.1) is 5.92 Å². The average Bonchev–Trinajstić information content (AvgIpc) is 2.60. The summed E-state index contributed by atoms with van der Waals surface area (Å²) < 4.78 is 0. The van der Waals surface area contributed by atoms with Crippen molar-refractivity contribution in [1.29, 1.82) is 0 Å². The van der Waals surface area contributed by atoms with Gasteiger partial charge in [0.05, 0.1) is 6.61 Å². The predicted molar refractivity (Wildman–Crippen MR) is 93.0 cm³/mol. The Bertz CT molecular complexity index is 553. The molecule has 3 N–H and O–H groups in total. The van der Waals surface area contributed by atoms with E-state index in [1.54, 1.807) is 6.92 Å². The predicted octanol–water partition coefficient (Wildman–Crippen LogP) is 2.27. The monoisotopic (exact) mass is 332 g/mol. The molecule has 1 fully saturated rings. The maximum Gasteiger partial charge on any atom is 0.242 e. The first-order chi connectivity index (χ1) is 11.6. The van der Waals surface area contributed by atoms with Crippen molar-refractivity contribution < 1.29 is 14.7 Å². The Balaban J connectivity index is 1.76. The first-order valence-corrected chi connectivity index (χ1v) is 8.85.